The molecule has 0 spiro atoms. The first-order valence-electron chi connectivity index (χ1n) is 8.59. The van der Waals surface area contributed by atoms with Crippen LogP contribution in [0.5, 0.6) is 5.75 Å². The van der Waals surface area contributed by atoms with Gasteiger partial charge in [-0.05, 0) is 49.9 Å². The number of carbonyl (C=O) groups is 2. The predicted octanol–water partition coefficient (Wildman–Crippen LogP) is 2.58. The largest absolute Gasteiger partial charge is 0.484 e. The normalized spacial score (nSPS) is 15.2. The maximum Gasteiger partial charge on any atom is 0.291 e. The van der Waals surface area contributed by atoms with Crippen molar-refractivity contribution in [3.63, 3.8) is 0 Å². The van der Waals surface area contributed by atoms with Crippen molar-refractivity contribution >= 4 is 29.9 Å². The average molecular weight is 394 g/mol. The lowest BCUT2D eigenvalue weighted by molar-refractivity contribution is -0.125. The Hall–Kier alpha value is -2.51. The molecule has 1 aromatic carbocycles. The van der Waals surface area contributed by atoms with Crippen molar-refractivity contribution in [1.82, 2.24) is 5.32 Å². The number of nitrogens with two attached hydrogens (primary N) is 1. The van der Waals surface area contributed by atoms with Gasteiger partial charge in [0.15, 0.2) is 12.4 Å². The molecule has 2 aromatic rings. The third-order valence-corrected chi connectivity index (χ3v) is 4.53. The maximum absolute atomic E-state index is 12.2. The monoisotopic (exact) mass is 393 g/mol. The minimum absolute atomic E-state index is 0. The molecule has 8 heteroatoms. The van der Waals surface area contributed by atoms with Crippen molar-refractivity contribution < 1.29 is 18.7 Å². The molecular weight excluding hydrogens is 370 g/mol. The zero-order chi connectivity index (χ0) is 18.6. The van der Waals surface area contributed by atoms with Crippen LogP contribution in [0.4, 0.5) is 5.69 Å². The van der Waals surface area contributed by atoms with Crippen LogP contribution in [0.15, 0.2) is 47.1 Å². The highest BCUT2D eigenvalue weighted by Crippen LogP contribution is 2.38. The smallest absolute Gasteiger partial charge is 0.291 e. The highest BCUT2D eigenvalue weighted by molar-refractivity contribution is 6.02. The SMILES string of the molecule is CC(CN)(NC(=O)COc1cccc(NC(=O)c2ccco2)c1)C1CC1.Cl. The second-order valence-corrected chi connectivity index (χ2v) is 6.69. The molecule has 0 saturated heterocycles. The molecule has 1 heterocycles. The van der Waals surface area contributed by atoms with E-state index in [0.29, 0.717) is 23.9 Å². The Morgan fingerprint density at radius 2 is 2.07 bits per heavy atom. The molecule has 1 aliphatic rings. The van der Waals surface area contributed by atoms with E-state index >= 15 is 0 Å². The van der Waals surface area contributed by atoms with Gasteiger partial charge in [-0.15, -0.1) is 12.4 Å². The number of ether oxygens (including phenoxy) is 1. The molecule has 7 nitrogen and oxygen atoms in total. The average Bonchev–Trinajstić information content (AvgIpc) is 3.35. The molecule has 1 unspecified atom stereocenters. The van der Waals surface area contributed by atoms with Gasteiger partial charge in [0.25, 0.3) is 11.8 Å². The minimum Gasteiger partial charge on any atom is -0.484 e. The van der Waals surface area contributed by atoms with Gasteiger partial charge in [0.2, 0.25) is 0 Å². The Bertz CT molecular complexity index is 777. The summed E-state index contributed by atoms with van der Waals surface area (Å²) in [4.78, 5) is 24.2. The molecule has 1 fully saturated rings. The van der Waals surface area contributed by atoms with Gasteiger partial charge in [-0.3, -0.25) is 9.59 Å². The Morgan fingerprint density at radius 3 is 2.70 bits per heavy atom. The van der Waals surface area contributed by atoms with Crippen molar-refractivity contribution in [2.45, 2.75) is 25.3 Å². The molecule has 1 aromatic heterocycles. The summed E-state index contributed by atoms with van der Waals surface area (Å²) in [5.74, 6) is 0.578. The highest BCUT2D eigenvalue weighted by Gasteiger charge is 2.41. The van der Waals surface area contributed by atoms with Crippen LogP contribution in [-0.4, -0.2) is 30.5 Å². The Kier molecular flexibility index (Phi) is 6.87. The van der Waals surface area contributed by atoms with E-state index in [-0.39, 0.29) is 42.1 Å². The minimum atomic E-state index is -0.376. The van der Waals surface area contributed by atoms with Gasteiger partial charge in [-0.1, -0.05) is 6.07 Å². The molecule has 0 bridgehead atoms. The van der Waals surface area contributed by atoms with Crippen LogP contribution in [0, 0.1) is 5.92 Å². The number of hydrogen-bond donors (Lipinski definition) is 3. The van der Waals surface area contributed by atoms with Crippen LogP contribution in [0.3, 0.4) is 0 Å². The van der Waals surface area contributed by atoms with Crippen molar-refractivity contribution in [2.75, 3.05) is 18.5 Å². The van der Waals surface area contributed by atoms with Gasteiger partial charge in [-0.2, -0.15) is 0 Å². The van der Waals surface area contributed by atoms with Crippen LogP contribution in [0.1, 0.15) is 30.3 Å². The van der Waals surface area contributed by atoms with E-state index in [0.717, 1.165) is 12.8 Å². The topological polar surface area (TPSA) is 107 Å². The number of rotatable bonds is 8. The Labute approximate surface area is 164 Å². The molecule has 0 aliphatic heterocycles. The molecule has 27 heavy (non-hydrogen) atoms. The van der Waals surface area contributed by atoms with E-state index in [1.807, 2.05) is 6.92 Å². The van der Waals surface area contributed by atoms with Crippen molar-refractivity contribution in [2.24, 2.45) is 11.7 Å². The summed E-state index contributed by atoms with van der Waals surface area (Å²) in [5.41, 5.74) is 5.98. The summed E-state index contributed by atoms with van der Waals surface area (Å²) < 4.78 is 10.6. The lowest BCUT2D eigenvalue weighted by Crippen LogP contribution is -2.54. The molecule has 3 rings (SSSR count). The fourth-order valence-corrected chi connectivity index (χ4v) is 2.81. The summed E-state index contributed by atoms with van der Waals surface area (Å²) in [6.45, 7) is 2.25. The summed E-state index contributed by atoms with van der Waals surface area (Å²) in [5, 5.41) is 5.68. The van der Waals surface area contributed by atoms with Crippen LogP contribution in [-0.2, 0) is 4.79 Å². The number of benzene rings is 1. The number of nitrogens with one attached hydrogen (secondary N) is 2. The molecule has 2 amide bonds. The first-order valence-corrected chi connectivity index (χ1v) is 8.59. The molecule has 146 valence electrons. The van der Waals surface area contributed by atoms with Crippen LogP contribution in [0.25, 0.3) is 0 Å². The number of anilines is 1. The molecule has 1 saturated carbocycles. The molecule has 1 atom stereocenters. The second-order valence-electron chi connectivity index (χ2n) is 6.69. The van der Waals surface area contributed by atoms with Crippen molar-refractivity contribution in [3.8, 4) is 5.75 Å². The number of furan rings is 1. The summed E-state index contributed by atoms with van der Waals surface area (Å²) in [7, 11) is 0. The van der Waals surface area contributed by atoms with E-state index < -0.39 is 0 Å². The third kappa shape index (κ3) is 5.48. The zero-order valence-corrected chi connectivity index (χ0v) is 15.9. The van der Waals surface area contributed by atoms with Gasteiger partial charge in [0.05, 0.1) is 11.8 Å². The zero-order valence-electron chi connectivity index (χ0n) is 15.1. The lowest BCUT2D eigenvalue weighted by atomic mass is 9.96. The van der Waals surface area contributed by atoms with Crippen LogP contribution < -0.4 is 21.1 Å². The quantitative estimate of drug-likeness (QED) is 0.639. The molecule has 1 aliphatic carbocycles. The number of hydrogen-bond acceptors (Lipinski definition) is 5. The van der Waals surface area contributed by atoms with E-state index in [1.165, 1.54) is 6.26 Å². The molecule has 0 radical (unpaired) electrons. The van der Waals surface area contributed by atoms with Gasteiger partial charge in [0, 0.05) is 18.3 Å². The summed E-state index contributed by atoms with van der Waals surface area (Å²) >= 11 is 0. The van der Waals surface area contributed by atoms with Crippen molar-refractivity contribution in [1.29, 1.82) is 0 Å². The fraction of sp³-hybridized carbons (Fsp3) is 0.368. The molecular formula is C19H24ClN3O4. The number of amides is 2. The summed E-state index contributed by atoms with van der Waals surface area (Å²) in [6.07, 6.45) is 3.61. The predicted molar refractivity (Wildman–Crippen MR) is 104 cm³/mol. The number of halogens is 1. The summed E-state index contributed by atoms with van der Waals surface area (Å²) in [6, 6.07) is 10.1. The van der Waals surface area contributed by atoms with Gasteiger partial charge >= 0.3 is 0 Å². The fourth-order valence-electron chi connectivity index (χ4n) is 2.81. The van der Waals surface area contributed by atoms with E-state index in [1.54, 1.807) is 36.4 Å². The standard InChI is InChI=1S/C19H23N3O4.ClH/c1-19(12-20,13-7-8-13)22-17(23)11-26-15-5-2-4-14(10-15)21-18(24)16-6-3-9-25-16;/h2-6,9-10,13H,7-8,11-12,20H2,1H3,(H,21,24)(H,22,23);1H. The second kappa shape index (κ2) is 8.92. The van der Waals surface area contributed by atoms with Crippen molar-refractivity contribution in [3.05, 3.63) is 48.4 Å². The van der Waals surface area contributed by atoms with E-state index in [2.05, 4.69) is 10.6 Å². The van der Waals surface area contributed by atoms with Crippen LogP contribution >= 0.6 is 12.4 Å². The Balaban J connectivity index is 0.00000261. The highest BCUT2D eigenvalue weighted by atomic mass is 35.5. The lowest BCUT2D eigenvalue weighted by Gasteiger charge is -2.29. The van der Waals surface area contributed by atoms with Crippen LogP contribution in [0.2, 0.25) is 0 Å². The first kappa shape index (κ1) is 20.8. The molecule has 4 N–H and O–H groups in total. The first-order chi connectivity index (χ1) is 12.5. The number of carbonyl (C=O) groups excluding carboxylic acids is 2. The van der Waals surface area contributed by atoms with Gasteiger partial charge < -0.3 is 25.5 Å². The maximum atomic E-state index is 12.2. The van der Waals surface area contributed by atoms with E-state index in [4.69, 9.17) is 14.9 Å². The Morgan fingerprint density at radius 1 is 1.30 bits per heavy atom. The van der Waals surface area contributed by atoms with Gasteiger partial charge in [-0.25, -0.2) is 0 Å². The van der Waals surface area contributed by atoms with E-state index in [9.17, 15) is 9.59 Å². The third-order valence-electron chi connectivity index (χ3n) is 4.53. The van der Waals surface area contributed by atoms with Gasteiger partial charge in [0.1, 0.15) is 5.75 Å².